The topological polar surface area (TPSA) is 67.2 Å². The van der Waals surface area contributed by atoms with E-state index >= 15 is 0 Å². The van der Waals surface area contributed by atoms with Crippen LogP contribution in [0.1, 0.15) is 12.1 Å². The molecule has 0 atom stereocenters. The number of ether oxygens (including phenoxy) is 2. The van der Waals surface area contributed by atoms with Crippen molar-refractivity contribution in [2.75, 3.05) is 18.5 Å². The molecule has 0 saturated heterocycles. The Balaban J connectivity index is 1.84. The van der Waals surface area contributed by atoms with E-state index in [1.165, 1.54) is 0 Å². The third-order valence-electron chi connectivity index (χ3n) is 2.91. The first-order valence-corrected chi connectivity index (χ1v) is 6.38. The molecule has 0 saturated carbocycles. The van der Waals surface area contributed by atoms with Gasteiger partial charge in [0.05, 0.1) is 13.2 Å². The van der Waals surface area contributed by atoms with Gasteiger partial charge in [0.2, 0.25) is 0 Å². The highest BCUT2D eigenvalue weighted by Gasteiger charge is 2.10. The zero-order chi connectivity index (χ0) is 13.8. The number of pyridine rings is 1. The molecular weight excluding hydrogens is 254 g/mol. The lowest BCUT2D eigenvalue weighted by atomic mass is 10.2. The van der Waals surface area contributed by atoms with Gasteiger partial charge in [0.25, 0.3) is 0 Å². The normalized spacial score (nSPS) is 13.2. The van der Waals surface area contributed by atoms with E-state index < -0.39 is 0 Å². The second-order valence-electron chi connectivity index (χ2n) is 4.38. The van der Waals surface area contributed by atoms with Crippen LogP contribution >= 0.6 is 0 Å². The molecule has 0 unspecified atom stereocenters. The van der Waals surface area contributed by atoms with E-state index in [0.717, 1.165) is 29.3 Å². The van der Waals surface area contributed by atoms with Crippen molar-refractivity contribution >= 4 is 11.4 Å². The summed E-state index contributed by atoms with van der Waals surface area (Å²) in [5.41, 5.74) is 2.07. The third kappa shape index (κ3) is 2.64. The van der Waals surface area contributed by atoms with Crippen LogP contribution in [0.2, 0.25) is 0 Å². The van der Waals surface area contributed by atoms with E-state index in [1.807, 2.05) is 30.3 Å². The fourth-order valence-electron chi connectivity index (χ4n) is 1.98. The maximum atomic E-state index is 8.84. The van der Waals surface area contributed by atoms with Crippen molar-refractivity contribution in [1.82, 2.24) is 4.98 Å². The summed E-state index contributed by atoms with van der Waals surface area (Å²) in [5.74, 6) is 1.50. The molecule has 0 fully saturated rings. The molecule has 1 aliphatic heterocycles. The molecule has 0 bridgehead atoms. The first-order valence-electron chi connectivity index (χ1n) is 6.38. The minimum absolute atomic E-state index is 0.379. The largest absolute Gasteiger partial charge is 0.490 e. The van der Waals surface area contributed by atoms with Crippen molar-refractivity contribution in [3.63, 3.8) is 0 Å². The van der Waals surface area contributed by atoms with Crippen LogP contribution < -0.4 is 14.8 Å². The molecule has 0 amide bonds. The standard InChI is InChI=1S/C15H13N3O2/c16-10-13-8-12(4-5-17-13)18-11-2-3-14-15(9-11)20-7-1-6-19-14/h2-5,8-9H,1,6-7H2,(H,17,18). The average Bonchev–Trinajstić information content (AvgIpc) is 2.72. The zero-order valence-electron chi connectivity index (χ0n) is 10.8. The summed E-state index contributed by atoms with van der Waals surface area (Å²) in [5, 5.41) is 12.1. The van der Waals surface area contributed by atoms with Gasteiger partial charge in [0.1, 0.15) is 11.8 Å². The number of aromatic nitrogens is 1. The van der Waals surface area contributed by atoms with Crippen molar-refractivity contribution in [2.45, 2.75) is 6.42 Å². The highest BCUT2D eigenvalue weighted by Crippen LogP contribution is 2.33. The number of nitrogens with one attached hydrogen (secondary N) is 1. The Morgan fingerprint density at radius 1 is 1.05 bits per heavy atom. The second kappa shape index (κ2) is 5.49. The second-order valence-corrected chi connectivity index (χ2v) is 4.38. The molecule has 3 rings (SSSR count). The van der Waals surface area contributed by atoms with Gasteiger partial charge in [-0.15, -0.1) is 0 Å². The Bertz CT molecular complexity index is 664. The maximum absolute atomic E-state index is 8.84. The quantitative estimate of drug-likeness (QED) is 0.906. The van der Waals surface area contributed by atoms with Crippen LogP contribution in [0.5, 0.6) is 11.5 Å². The zero-order valence-corrected chi connectivity index (χ0v) is 10.8. The lowest BCUT2D eigenvalue weighted by Gasteiger charge is -2.11. The number of rotatable bonds is 2. The number of nitriles is 1. The van der Waals surface area contributed by atoms with Crippen molar-refractivity contribution < 1.29 is 9.47 Å². The van der Waals surface area contributed by atoms with Crippen molar-refractivity contribution in [3.8, 4) is 17.6 Å². The number of nitrogens with zero attached hydrogens (tertiary/aromatic N) is 2. The summed E-state index contributed by atoms with van der Waals surface area (Å²) in [6.07, 6.45) is 2.48. The fourth-order valence-corrected chi connectivity index (χ4v) is 1.98. The lowest BCUT2D eigenvalue weighted by molar-refractivity contribution is 0.297. The van der Waals surface area contributed by atoms with Gasteiger partial charge >= 0.3 is 0 Å². The molecule has 2 aromatic rings. The Labute approximate surface area is 116 Å². The highest BCUT2D eigenvalue weighted by molar-refractivity contribution is 5.64. The molecule has 1 aromatic heterocycles. The van der Waals surface area contributed by atoms with E-state index in [4.69, 9.17) is 14.7 Å². The van der Waals surface area contributed by atoms with Crippen LogP contribution in [0.4, 0.5) is 11.4 Å². The van der Waals surface area contributed by atoms with Crippen molar-refractivity contribution in [1.29, 1.82) is 5.26 Å². The third-order valence-corrected chi connectivity index (χ3v) is 2.91. The Morgan fingerprint density at radius 3 is 2.70 bits per heavy atom. The van der Waals surface area contributed by atoms with Crippen molar-refractivity contribution in [2.24, 2.45) is 0 Å². The van der Waals surface area contributed by atoms with Crippen LogP contribution in [0.25, 0.3) is 0 Å². The minimum Gasteiger partial charge on any atom is -0.490 e. The Morgan fingerprint density at radius 2 is 1.85 bits per heavy atom. The Hall–Kier alpha value is -2.74. The van der Waals surface area contributed by atoms with Gasteiger partial charge in [-0.1, -0.05) is 0 Å². The van der Waals surface area contributed by atoms with Crippen LogP contribution in [0.3, 0.4) is 0 Å². The molecule has 100 valence electrons. The van der Waals surface area contributed by atoms with Crippen LogP contribution in [0.15, 0.2) is 36.5 Å². The molecule has 5 nitrogen and oxygen atoms in total. The Kier molecular flexibility index (Phi) is 3.38. The molecule has 0 aliphatic carbocycles. The van der Waals surface area contributed by atoms with Crippen LogP contribution in [-0.2, 0) is 0 Å². The predicted octanol–water partition coefficient (Wildman–Crippen LogP) is 2.86. The fraction of sp³-hybridized carbons (Fsp3) is 0.200. The van der Waals surface area contributed by atoms with E-state index in [9.17, 15) is 0 Å². The molecule has 2 heterocycles. The predicted molar refractivity (Wildman–Crippen MR) is 74.3 cm³/mol. The summed E-state index contributed by atoms with van der Waals surface area (Å²) in [7, 11) is 0. The first-order chi connectivity index (χ1) is 9.85. The molecule has 1 N–H and O–H groups in total. The van der Waals surface area contributed by atoms with Gasteiger partial charge in [-0.25, -0.2) is 4.98 Å². The number of hydrogen-bond acceptors (Lipinski definition) is 5. The summed E-state index contributed by atoms with van der Waals surface area (Å²) in [6.45, 7) is 1.33. The van der Waals surface area contributed by atoms with Crippen LogP contribution in [0, 0.1) is 11.3 Å². The average molecular weight is 267 g/mol. The molecule has 0 radical (unpaired) electrons. The van der Waals surface area contributed by atoms with Gasteiger partial charge in [-0.05, 0) is 24.3 Å². The van der Waals surface area contributed by atoms with Gasteiger partial charge in [0.15, 0.2) is 11.5 Å². The molecule has 0 spiro atoms. The number of benzene rings is 1. The van der Waals surface area contributed by atoms with E-state index in [1.54, 1.807) is 12.3 Å². The molecular formula is C15H13N3O2. The maximum Gasteiger partial charge on any atom is 0.163 e. The van der Waals surface area contributed by atoms with Gasteiger partial charge in [-0.2, -0.15) is 5.26 Å². The van der Waals surface area contributed by atoms with Gasteiger partial charge in [-0.3, -0.25) is 0 Å². The molecule has 1 aliphatic rings. The van der Waals surface area contributed by atoms with E-state index in [-0.39, 0.29) is 0 Å². The van der Waals surface area contributed by atoms with E-state index in [0.29, 0.717) is 18.9 Å². The summed E-state index contributed by atoms with van der Waals surface area (Å²) < 4.78 is 11.2. The summed E-state index contributed by atoms with van der Waals surface area (Å²) in [4.78, 5) is 3.94. The number of fused-ring (bicyclic) bond motifs is 1. The molecule has 20 heavy (non-hydrogen) atoms. The monoisotopic (exact) mass is 267 g/mol. The smallest absolute Gasteiger partial charge is 0.163 e. The summed E-state index contributed by atoms with van der Waals surface area (Å²) in [6, 6.07) is 11.2. The SMILES string of the molecule is N#Cc1cc(Nc2ccc3c(c2)OCCCO3)ccn1. The summed E-state index contributed by atoms with van der Waals surface area (Å²) >= 11 is 0. The van der Waals surface area contributed by atoms with Crippen molar-refractivity contribution in [3.05, 3.63) is 42.2 Å². The number of anilines is 2. The minimum atomic E-state index is 0.379. The highest BCUT2D eigenvalue weighted by atomic mass is 16.5. The molecule has 1 aromatic carbocycles. The first kappa shape index (κ1) is 12.3. The van der Waals surface area contributed by atoms with Crippen LogP contribution in [-0.4, -0.2) is 18.2 Å². The molecule has 5 heteroatoms. The van der Waals surface area contributed by atoms with Gasteiger partial charge < -0.3 is 14.8 Å². The lowest BCUT2D eigenvalue weighted by Crippen LogP contribution is -1.97. The van der Waals surface area contributed by atoms with Gasteiger partial charge in [0, 0.05) is 30.1 Å². The van der Waals surface area contributed by atoms with E-state index in [2.05, 4.69) is 10.3 Å². The number of hydrogen-bond donors (Lipinski definition) is 1.